The van der Waals surface area contributed by atoms with Crippen LogP contribution < -0.4 is 5.73 Å². The second-order valence-electron chi connectivity index (χ2n) is 3.60. The topological polar surface area (TPSA) is 88.0 Å². The molecule has 90 valence electrons. The molecule has 2 aromatic rings. The third-order valence-corrected chi connectivity index (χ3v) is 2.29. The van der Waals surface area contributed by atoms with Gasteiger partial charge in [0.1, 0.15) is 5.75 Å². The molecular formula is C13H11N3O2. The van der Waals surface area contributed by atoms with Crippen molar-refractivity contribution in [2.45, 2.75) is 0 Å². The van der Waals surface area contributed by atoms with Gasteiger partial charge in [-0.05, 0) is 36.4 Å². The number of benzene rings is 2. The molecule has 2 aromatic carbocycles. The van der Waals surface area contributed by atoms with E-state index in [1.54, 1.807) is 36.4 Å². The van der Waals surface area contributed by atoms with Crippen LogP contribution in [0, 0.1) is 0 Å². The summed E-state index contributed by atoms with van der Waals surface area (Å²) in [6, 6.07) is 13.0. The maximum atomic E-state index is 11.2. The minimum Gasteiger partial charge on any atom is -0.508 e. The Bertz CT molecular complexity index is 591. The lowest BCUT2D eigenvalue weighted by molar-refractivity contribution is 0.100. The lowest BCUT2D eigenvalue weighted by Gasteiger charge is -1.99. The largest absolute Gasteiger partial charge is 0.508 e. The van der Waals surface area contributed by atoms with Gasteiger partial charge in [0.15, 0.2) is 0 Å². The fourth-order valence-electron chi connectivity index (χ4n) is 1.40. The number of aromatic hydroxyl groups is 1. The molecule has 0 bridgehead atoms. The molecule has 0 fully saturated rings. The van der Waals surface area contributed by atoms with Crippen LogP contribution in [0.1, 0.15) is 10.4 Å². The average molecular weight is 241 g/mol. The van der Waals surface area contributed by atoms with Gasteiger partial charge in [0.2, 0.25) is 0 Å². The van der Waals surface area contributed by atoms with Crippen molar-refractivity contribution in [1.82, 2.24) is 0 Å². The van der Waals surface area contributed by atoms with Crippen LogP contribution in [0.25, 0.3) is 0 Å². The highest BCUT2D eigenvalue weighted by atomic mass is 16.3. The van der Waals surface area contributed by atoms with Crippen molar-refractivity contribution in [3.05, 3.63) is 54.1 Å². The Morgan fingerprint density at radius 2 is 1.67 bits per heavy atom. The van der Waals surface area contributed by atoms with Crippen LogP contribution in [0.4, 0.5) is 11.4 Å². The number of hydrogen-bond acceptors (Lipinski definition) is 4. The van der Waals surface area contributed by atoms with Crippen molar-refractivity contribution >= 4 is 17.3 Å². The highest BCUT2D eigenvalue weighted by Gasteiger charge is 2.05. The van der Waals surface area contributed by atoms with Crippen LogP contribution >= 0.6 is 0 Å². The standard InChI is InChI=1S/C13H11N3O2/c14-13(18)11-3-1-2-4-12(11)16-15-9-5-7-10(17)8-6-9/h1-8,17H,(H2,14,18). The number of azo groups is 1. The number of carbonyl (C=O) groups excluding carboxylic acids is 1. The fraction of sp³-hybridized carbons (Fsp3) is 0. The molecule has 5 heteroatoms. The zero-order valence-corrected chi connectivity index (χ0v) is 9.45. The third-order valence-electron chi connectivity index (χ3n) is 2.29. The zero-order valence-electron chi connectivity index (χ0n) is 9.45. The second kappa shape index (κ2) is 5.09. The Labute approximate surface area is 104 Å². The average Bonchev–Trinajstić information content (AvgIpc) is 2.38. The van der Waals surface area contributed by atoms with Crippen molar-refractivity contribution in [3.63, 3.8) is 0 Å². The number of rotatable bonds is 3. The van der Waals surface area contributed by atoms with Crippen LogP contribution in [-0.2, 0) is 0 Å². The normalized spacial score (nSPS) is 10.7. The molecule has 0 aromatic heterocycles. The molecule has 0 saturated heterocycles. The highest BCUT2D eigenvalue weighted by molar-refractivity contribution is 5.97. The number of primary amides is 1. The first kappa shape index (κ1) is 11.8. The molecule has 0 aliphatic rings. The predicted molar refractivity (Wildman–Crippen MR) is 67.2 cm³/mol. The van der Waals surface area contributed by atoms with Gasteiger partial charge in [0.05, 0.1) is 16.9 Å². The molecule has 0 atom stereocenters. The number of nitrogens with zero attached hydrogens (tertiary/aromatic N) is 2. The van der Waals surface area contributed by atoms with Crippen LogP contribution in [0.3, 0.4) is 0 Å². The Morgan fingerprint density at radius 1 is 1.00 bits per heavy atom. The maximum Gasteiger partial charge on any atom is 0.250 e. The highest BCUT2D eigenvalue weighted by Crippen LogP contribution is 2.23. The lowest BCUT2D eigenvalue weighted by Crippen LogP contribution is -2.10. The van der Waals surface area contributed by atoms with E-state index in [0.29, 0.717) is 16.9 Å². The minimum atomic E-state index is -0.546. The molecule has 0 unspecified atom stereocenters. The smallest absolute Gasteiger partial charge is 0.250 e. The summed E-state index contributed by atoms with van der Waals surface area (Å²) in [6.45, 7) is 0. The summed E-state index contributed by atoms with van der Waals surface area (Å²) in [7, 11) is 0. The lowest BCUT2D eigenvalue weighted by atomic mass is 10.2. The van der Waals surface area contributed by atoms with Gasteiger partial charge >= 0.3 is 0 Å². The van der Waals surface area contributed by atoms with Crippen LogP contribution in [0.5, 0.6) is 5.75 Å². The van der Waals surface area contributed by atoms with E-state index in [1.807, 2.05) is 0 Å². The van der Waals surface area contributed by atoms with E-state index in [1.165, 1.54) is 12.1 Å². The number of amides is 1. The Balaban J connectivity index is 2.29. The first-order valence-electron chi connectivity index (χ1n) is 5.26. The predicted octanol–water partition coefficient (Wildman–Crippen LogP) is 2.91. The molecule has 0 saturated carbocycles. The number of carbonyl (C=O) groups is 1. The summed E-state index contributed by atoms with van der Waals surface area (Å²) in [5, 5.41) is 17.1. The summed E-state index contributed by atoms with van der Waals surface area (Å²) in [6.07, 6.45) is 0. The van der Waals surface area contributed by atoms with Crippen molar-refractivity contribution in [2.75, 3.05) is 0 Å². The van der Waals surface area contributed by atoms with Crippen molar-refractivity contribution in [3.8, 4) is 5.75 Å². The molecule has 0 aliphatic heterocycles. The second-order valence-corrected chi connectivity index (χ2v) is 3.60. The number of nitrogens with two attached hydrogens (primary N) is 1. The molecule has 0 aliphatic carbocycles. The third kappa shape index (κ3) is 2.70. The Morgan fingerprint density at radius 3 is 2.33 bits per heavy atom. The first-order chi connectivity index (χ1) is 8.66. The summed E-state index contributed by atoms with van der Waals surface area (Å²) >= 11 is 0. The van der Waals surface area contributed by atoms with Crippen LogP contribution in [0.2, 0.25) is 0 Å². The fourth-order valence-corrected chi connectivity index (χ4v) is 1.40. The van der Waals surface area contributed by atoms with E-state index < -0.39 is 5.91 Å². The molecule has 1 amide bonds. The molecule has 0 spiro atoms. The molecule has 5 nitrogen and oxygen atoms in total. The SMILES string of the molecule is NC(=O)c1ccccc1N=Nc1ccc(O)cc1. The maximum absolute atomic E-state index is 11.2. The Hall–Kier alpha value is -2.69. The van der Waals surface area contributed by atoms with E-state index in [9.17, 15) is 4.79 Å². The van der Waals surface area contributed by atoms with Gasteiger partial charge in [0.25, 0.3) is 5.91 Å². The van der Waals surface area contributed by atoms with Crippen molar-refractivity contribution < 1.29 is 9.90 Å². The van der Waals surface area contributed by atoms with E-state index in [0.717, 1.165) is 0 Å². The monoisotopic (exact) mass is 241 g/mol. The van der Waals surface area contributed by atoms with Crippen LogP contribution in [-0.4, -0.2) is 11.0 Å². The van der Waals surface area contributed by atoms with Gasteiger partial charge in [-0.2, -0.15) is 5.11 Å². The van der Waals surface area contributed by atoms with Gasteiger partial charge in [-0.15, -0.1) is 5.11 Å². The first-order valence-corrected chi connectivity index (χ1v) is 5.26. The summed E-state index contributed by atoms with van der Waals surface area (Å²) < 4.78 is 0. The number of phenolic OH excluding ortho intramolecular Hbond substituents is 1. The van der Waals surface area contributed by atoms with Gasteiger partial charge in [0, 0.05) is 0 Å². The zero-order chi connectivity index (χ0) is 13.0. The summed E-state index contributed by atoms with van der Waals surface area (Å²) in [5.74, 6) is -0.387. The molecule has 3 N–H and O–H groups in total. The molecule has 2 rings (SSSR count). The summed E-state index contributed by atoms with van der Waals surface area (Å²) in [4.78, 5) is 11.2. The van der Waals surface area contributed by atoms with Gasteiger partial charge in [-0.25, -0.2) is 0 Å². The van der Waals surface area contributed by atoms with E-state index in [4.69, 9.17) is 10.8 Å². The summed E-state index contributed by atoms with van der Waals surface area (Å²) in [5.41, 5.74) is 6.54. The Kier molecular flexibility index (Phi) is 3.33. The van der Waals surface area contributed by atoms with E-state index in [-0.39, 0.29) is 5.75 Å². The number of hydrogen-bond donors (Lipinski definition) is 2. The van der Waals surface area contributed by atoms with E-state index in [2.05, 4.69) is 10.2 Å². The number of phenols is 1. The molecule has 18 heavy (non-hydrogen) atoms. The molecular weight excluding hydrogens is 230 g/mol. The molecule has 0 heterocycles. The van der Waals surface area contributed by atoms with Crippen molar-refractivity contribution in [1.29, 1.82) is 0 Å². The molecule has 0 radical (unpaired) electrons. The van der Waals surface area contributed by atoms with Crippen LogP contribution in [0.15, 0.2) is 58.8 Å². The van der Waals surface area contributed by atoms with E-state index >= 15 is 0 Å². The van der Waals surface area contributed by atoms with Crippen molar-refractivity contribution in [2.24, 2.45) is 16.0 Å². The van der Waals surface area contributed by atoms with Gasteiger partial charge in [-0.3, -0.25) is 4.79 Å². The van der Waals surface area contributed by atoms with Gasteiger partial charge in [-0.1, -0.05) is 12.1 Å². The minimum absolute atomic E-state index is 0.159. The quantitative estimate of drug-likeness (QED) is 0.809. The van der Waals surface area contributed by atoms with Gasteiger partial charge < -0.3 is 10.8 Å².